The lowest BCUT2D eigenvalue weighted by Crippen LogP contribution is -2.21. The first-order chi connectivity index (χ1) is 12.7. The van der Waals surface area contributed by atoms with Crippen LogP contribution in [0.1, 0.15) is 41.3 Å². The molecule has 26 heavy (non-hydrogen) atoms. The molecule has 0 aliphatic heterocycles. The first-order valence-corrected chi connectivity index (χ1v) is 9.71. The van der Waals surface area contributed by atoms with Crippen LogP contribution in [-0.2, 0) is 0 Å². The van der Waals surface area contributed by atoms with Crippen LogP contribution in [0, 0.1) is 5.82 Å². The third kappa shape index (κ3) is 4.71. The molecular formula is C22H24FNOS. The molecule has 0 amide bonds. The zero-order chi connectivity index (χ0) is 18.4. The number of hydrogen-bond acceptors (Lipinski definition) is 3. The largest absolute Gasteiger partial charge is 0.497 e. The van der Waals surface area contributed by atoms with Crippen molar-refractivity contribution in [2.75, 3.05) is 13.7 Å². The van der Waals surface area contributed by atoms with Gasteiger partial charge in [0.25, 0.3) is 0 Å². The standard InChI is InChI=1S/C22H24FNOS/c1-16(22-4-3-15-26-22)24-14-13-21(17-5-9-19(23)10-6-17)18-7-11-20(25-2)12-8-18/h3-12,15-16,21,24H,13-14H2,1-2H3/t16-,21-/m0/s1. The fourth-order valence-corrected chi connectivity index (χ4v) is 3.90. The summed E-state index contributed by atoms with van der Waals surface area (Å²) in [5.41, 5.74) is 2.34. The third-order valence-electron chi connectivity index (χ3n) is 4.64. The summed E-state index contributed by atoms with van der Waals surface area (Å²) in [6.45, 7) is 3.07. The normalized spacial score (nSPS) is 13.3. The molecule has 2 aromatic carbocycles. The van der Waals surface area contributed by atoms with Gasteiger partial charge in [0, 0.05) is 16.8 Å². The summed E-state index contributed by atoms with van der Waals surface area (Å²) in [7, 11) is 1.67. The number of ether oxygens (including phenoxy) is 1. The van der Waals surface area contributed by atoms with E-state index in [1.54, 1.807) is 18.4 Å². The molecule has 136 valence electrons. The summed E-state index contributed by atoms with van der Waals surface area (Å²) in [5.74, 6) is 0.854. The number of halogens is 1. The zero-order valence-electron chi connectivity index (χ0n) is 15.1. The highest BCUT2D eigenvalue weighted by atomic mass is 32.1. The topological polar surface area (TPSA) is 21.3 Å². The van der Waals surface area contributed by atoms with Crippen molar-refractivity contribution in [3.8, 4) is 5.75 Å². The van der Waals surface area contributed by atoms with Crippen LogP contribution in [0.2, 0.25) is 0 Å². The van der Waals surface area contributed by atoms with Gasteiger partial charge in [-0.3, -0.25) is 0 Å². The first kappa shape index (κ1) is 18.6. The monoisotopic (exact) mass is 369 g/mol. The molecule has 0 saturated heterocycles. The van der Waals surface area contributed by atoms with Crippen molar-refractivity contribution < 1.29 is 9.13 Å². The second-order valence-electron chi connectivity index (χ2n) is 6.36. The van der Waals surface area contributed by atoms with Gasteiger partial charge in [-0.05, 0) is 66.7 Å². The molecule has 0 aliphatic carbocycles. The summed E-state index contributed by atoms with van der Waals surface area (Å²) >= 11 is 1.77. The molecule has 1 N–H and O–H groups in total. The van der Waals surface area contributed by atoms with E-state index in [-0.39, 0.29) is 11.7 Å². The van der Waals surface area contributed by atoms with E-state index < -0.39 is 0 Å². The summed E-state index contributed by atoms with van der Waals surface area (Å²) in [4.78, 5) is 1.34. The van der Waals surface area contributed by atoms with E-state index in [2.05, 4.69) is 41.9 Å². The lowest BCUT2D eigenvalue weighted by molar-refractivity contribution is 0.414. The zero-order valence-corrected chi connectivity index (χ0v) is 15.9. The van der Waals surface area contributed by atoms with Crippen molar-refractivity contribution in [1.82, 2.24) is 5.32 Å². The van der Waals surface area contributed by atoms with Gasteiger partial charge in [0.1, 0.15) is 11.6 Å². The Bertz CT molecular complexity index is 784. The second kappa shape index (κ2) is 8.97. The van der Waals surface area contributed by atoms with E-state index in [9.17, 15) is 4.39 Å². The van der Waals surface area contributed by atoms with Gasteiger partial charge in [-0.15, -0.1) is 11.3 Å². The Morgan fingerprint density at radius 1 is 1.00 bits per heavy atom. The number of hydrogen-bond donors (Lipinski definition) is 1. The number of thiophene rings is 1. The Balaban J connectivity index is 1.73. The van der Waals surface area contributed by atoms with Crippen LogP contribution in [0.3, 0.4) is 0 Å². The first-order valence-electron chi connectivity index (χ1n) is 8.83. The van der Waals surface area contributed by atoms with Gasteiger partial charge in [0.2, 0.25) is 0 Å². The molecule has 1 heterocycles. The van der Waals surface area contributed by atoms with Gasteiger partial charge in [-0.25, -0.2) is 4.39 Å². The Morgan fingerprint density at radius 2 is 1.65 bits per heavy atom. The average molecular weight is 370 g/mol. The second-order valence-corrected chi connectivity index (χ2v) is 7.34. The van der Waals surface area contributed by atoms with Crippen LogP contribution in [0.5, 0.6) is 5.75 Å². The maximum atomic E-state index is 13.3. The summed E-state index contributed by atoms with van der Waals surface area (Å²) in [5, 5.41) is 5.70. The molecule has 0 unspecified atom stereocenters. The SMILES string of the molecule is COc1ccc([C@@H](CCN[C@@H](C)c2cccs2)c2ccc(F)cc2)cc1. The molecule has 3 aromatic rings. The lowest BCUT2D eigenvalue weighted by atomic mass is 9.88. The van der Waals surface area contributed by atoms with Crippen molar-refractivity contribution in [2.24, 2.45) is 0 Å². The molecule has 3 rings (SSSR count). The van der Waals surface area contributed by atoms with E-state index in [4.69, 9.17) is 4.74 Å². The molecule has 2 atom stereocenters. The summed E-state index contributed by atoms with van der Waals surface area (Å²) < 4.78 is 18.6. The van der Waals surface area contributed by atoms with Crippen molar-refractivity contribution in [3.05, 3.63) is 87.9 Å². The molecule has 0 saturated carbocycles. The van der Waals surface area contributed by atoms with Crippen LogP contribution in [0.4, 0.5) is 4.39 Å². The minimum absolute atomic E-state index is 0.202. The van der Waals surface area contributed by atoms with Gasteiger partial charge in [-0.2, -0.15) is 0 Å². The minimum Gasteiger partial charge on any atom is -0.497 e. The quantitative estimate of drug-likeness (QED) is 0.544. The van der Waals surface area contributed by atoms with E-state index in [1.165, 1.54) is 22.6 Å². The maximum absolute atomic E-state index is 13.3. The van der Waals surface area contributed by atoms with Crippen molar-refractivity contribution >= 4 is 11.3 Å². The van der Waals surface area contributed by atoms with Gasteiger partial charge in [0.05, 0.1) is 7.11 Å². The van der Waals surface area contributed by atoms with Crippen molar-refractivity contribution in [2.45, 2.75) is 25.3 Å². The van der Waals surface area contributed by atoms with Gasteiger partial charge < -0.3 is 10.1 Å². The van der Waals surface area contributed by atoms with Crippen LogP contribution >= 0.6 is 11.3 Å². The smallest absolute Gasteiger partial charge is 0.123 e. The number of nitrogens with one attached hydrogen (secondary N) is 1. The Kier molecular flexibility index (Phi) is 6.42. The van der Waals surface area contributed by atoms with Crippen LogP contribution in [0.25, 0.3) is 0 Å². The molecule has 1 aromatic heterocycles. The molecule has 0 radical (unpaired) electrons. The minimum atomic E-state index is -0.202. The molecule has 0 spiro atoms. The Hall–Kier alpha value is -2.17. The van der Waals surface area contributed by atoms with E-state index in [0.717, 1.165) is 24.3 Å². The number of methoxy groups -OCH3 is 1. The Morgan fingerprint density at radius 3 is 2.23 bits per heavy atom. The highest BCUT2D eigenvalue weighted by molar-refractivity contribution is 7.10. The molecule has 2 nitrogen and oxygen atoms in total. The molecule has 0 bridgehead atoms. The molecule has 4 heteroatoms. The average Bonchev–Trinajstić information content (AvgIpc) is 3.21. The number of rotatable bonds is 8. The van der Waals surface area contributed by atoms with Crippen molar-refractivity contribution in [3.63, 3.8) is 0 Å². The fourth-order valence-electron chi connectivity index (χ4n) is 3.14. The predicted octanol–water partition coefficient (Wildman–Crippen LogP) is 5.77. The van der Waals surface area contributed by atoms with Gasteiger partial charge in [-0.1, -0.05) is 30.3 Å². The lowest BCUT2D eigenvalue weighted by Gasteiger charge is -2.20. The molecular weight excluding hydrogens is 345 g/mol. The number of benzene rings is 2. The Labute approximate surface area is 158 Å². The van der Waals surface area contributed by atoms with Crippen LogP contribution in [0.15, 0.2) is 66.0 Å². The third-order valence-corrected chi connectivity index (χ3v) is 5.70. The highest BCUT2D eigenvalue weighted by Gasteiger charge is 2.15. The highest BCUT2D eigenvalue weighted by Crippen LogP contribution is 2.29. The maximum Gasteiger partial charge on any atom is 0.123 e. The summed E-state index contributed by atoms with van der Waals surface area (Å²) in [6.07, 6.45) is 0.938. The van der Waals surface area contributed by atoms with E-state index in [0.29, 0.717) is 6.04 Å². The van der Waals surface area contributed by atoms with E-state index >= 15 is 0 Å². The van der Waals surface area contributed by atoms with Crippen LogP contribution in [-0.4, -0.2) is 13.7 Å². The van der Waals surface area contributed by atoms with Crippen molar-refractivity contribution in [1.29, 1.82) is 0 Å². The van der Waals surface area contributed by atoms with Crippen LogP contribution < -0.4 is 10.1 Å². The van der Waals surface area contributed by atoms with Gasteiger partial charge >= 0.3 is 0 Å². The molecule has 0 fully saturated rings. The summed E-state index contributed by atoms with van der Waals surface area (Å²) in [6, 6.07) is 19.5. The van der Waals surface area contributed by atoms with Gasteiger partial charge in [0.15, 0.2) is 0 Å². The fraction of sp³-hybridized carbons (Fsp3) is 0.273. The van der Waals surface area contributed by atoms with E-state index in [1.807, 2.05) is 24.3 Å². The predicted molar refractivity (Wildman–Crippen MR) is 107 cm³/mol. The molecule has 0 aliphatic rings.